The molecule has 34 heavy (non-hydrogen) atoms. The van der Waals surface area contributed by atoms with Crippen LogP contribution in [0.25, 0.3) is 10.9 Å². The number of carbonyl (C=O) groups is 2. The number of urea groups is 1. The molecule has 0 aliphatic carbocycles. The van der Waals surface area contributed by atoms with Crippen LogP contribution in [0.3, 0.4) is 0 Å². The van der Waals surface area contributed by atoms with Crippen molar-refractivity contribution in [3.8, 4) is 11.5 Å². The average molecular weight is 467 g/mol. The van der Waals surface area contributed by atoms with Gasteiger partial charge >= 0.3 is 12.1 Å². The number of nitrogens with zero attached hydrogens (tertiary/aromatic N) is 3. The maximum Gasteiger partial charge on any atom is 0.325 e. The van der Waals surface area contributed by atoms with E-state index < -0.39 is 0 Å². The van der Waals surface area contributed by atoms with Gasteiger partial charge in [0.25, 0.3) is 0 Å². The van der Waals surface area contributed by atoms with Gasteiger partial charge in [0.05, 0.1) is 11.6 Å². The van der Waals surface area contributed by atoms with Crippen LogP contribution in [0.1, 0.15) is 19.3 Å². The Hall–Kier alpha value is -3.63. The van der Waals surface area contributed by atoms with Crippen LogP contribution in [0.15, 0.2) is 48.8 Å². The third-order valence-corrected chi connectivity index (χ3v) is 5.80. The van der Waals surface area contributed by atoms with Gasteiger partial charge in [0.1, 0.15) is 17.3 Å². The number of fused-ring (bicyclic) bond motifs is 1. The summed E-state index contributed by atoms with van der Waals surface area (Å²) in [4.78, 5) is 30.6. The topological polar surface area (TPSA) is 121 Å². The van der Waals surface area contributed by atoms with Crippen molar-refractivity contribution >= 4 is 28.8 Å². The number of aliphatic hydroxyl groups excluding tert-OH is 1. The second kappa shape index (κ2) is 11.0. The first-order valence-electron chi connectivity index (χ1n) is 11.4. The molecule has 4 rings (SSSR count). The number of aliphatic hydroxyl groups is 1. The highest BCUT2D eigenvalue weighted by Gasteiger charge is 2.16. The molecule has 1 aromatic carbocycles. The predicted molar refractivity (Wildman–Crippen MR) is 129 cm³/mol. The molecule has 1 saturated heterocycles. The normalized spacial score (nSPS) is 14.6. The number of ether oxygens (including phenoxy) is 1. The third-order valence-electron chi connectivity index (χ3n) is 5.80. The fourth-order valence-electron chi connectivity index (χ4n) is 3.97. The van der Waals surface area contributed by atoms with E-state index in [1.165, 1.54) is 4.57 Å². The Bertz CT molecular complexity index is 1140. The molecule has 0 spiro atoms. The van der Waals surface area contributed by atoms with Gasteiger partial charge in [-0.05, 0) is 56.1 Å². The van der Waals surface area contributed by atoms with E-state index in [-0.39, 0.29) is 18.2 Å². The number of aromatic nitrogens is 2. The van der Waals surface area contributed by atoms with E-state index in [0.29, 0.717) is 23.9 Å². The number of benzene rings is 1. The minimum atomic E-state index is -0.323. The van der Waals surface area contributed by atoms with Gasteiger partial charge in [0, 0.05) is 50.5 Å². The Morgan fingerprint density at radius 2 is 1.94 bits per heavy atom. The lowest BCUT2D eigenvalue weighted by Gasteiger charge is -2.29. The Labute approximate surface area is 197 Å². The first kappa shape index (κ1) is 23.5. The summed E-state index contributed by atoms with van der Waals surface area (Å²) < 4.78 is 7.46. The van der Waals surface area contributed by atoms with Crippen molar-refractivity contribution in [2.24, 2.45) is 0 Å². The van der Waals surface area contributed by atoms with Gasteiger partial charge in [-0.15, -0.1) is 0 Å². The van der Waals surface area contributed by atoms with Gasteiger partial charge in [0.15, 0.2) is 0 Å². The molecule has 2 aromatic heterocycles. The minimum Gasteiger partial charge on any atom is -0.457 e. The van der Waals surface area contributed by atoms with E-state index in [4.69, 9.17) is 4.74 Å². The van der Waals surface area contributed by atoms with Crippen LogP contribution in [-0.4, -0.2) is 71.0 Å². The van der Waals surface area contributed by atoms with Gasteiger partial charge < -0.3 is 25.4 Å². The number of likely N-dealkylation sites (tertiary alicyclic amines) is 1. The van der Waals surface area contributed by atoms with E-state index in [1.54, 1.807) is 37.6 Å². The van der Waals surface area contributed by atoms with Crippen molar-refractivity contribution in [1.29, 1.82) is 0 Å². The quantitative estimate of drug-likeness (QED) is 0.397. The highest BCUT2D eigenvalue weighted by Crippen LogP contribution is 2.27. The third kappa shape index (κ3) is 6.03. The van der Waals surface area contributed by atoms with Gasteiger partial charge in [0.2, 0.25) is 0 Å². The molecule has 1 aliphatic rings. The number of rotatable bonds is 7. The molecule has 4 N–H and O–H groups in total. The Morgan fingerprint density at radius 1 is 1.15 bits per heavy atom. The van der Waals surface area contributed by atoms with Crippen LogP contribution < -0.4 is 20.7 Å². The summed E-state index contributed by atoms with van der Waals surface area (Å²) in [5.74, 6) is 1.52. The minimum absolute atomic E-state index is 0.175. The molecule has 10 heteroatoms. The number of carbonyl (C=O) groups excluding carboxylic acids is 2. The van der Waals surface area contributed by atoms with Crippen LogP contribution in [0.5, 0.6) is 11.5 Å². The van der Waals surface area contributed by atoms with E-state index in [9.17, 15) is 14.7 Å². The first-order valence-corrected chi connectivity index (χ1v) is 11.4. The summed E-state index contributed by atoms with van der Waals surface area (Å²) in [6, 6.07) is 10.1. The Morgan fingerprint density at radius 3 is 2.74 bits per heavy atom. The number of amides is 3. The van der Waals surface area contributed by atoms with Crippen LogP contribution in [0, 0.1) is 0 Å². The van der Waals surface area contributed by atoms with E-state index >= 15 is 0 Å². The molecule has 0 bridgehead atoms. The van der Waals surface area contributed by atoms with Gasteiger partial charge in [-0.25, -0.2) is 14.6 Å². The van der Waals surface area contributed by atoms with Gasteiger partial charge in [-0.2, -0.15) is 0 Å². The van der Waals surface area contributed by atoms with Crippen LogP contribution in [-0.2, 0) is 0 Å². The zero-order valence-electron chi connectivity index (χ0n) is 19.2. The number of nitrogens with one attached hydrogen (secondary N) is 3. The lowest BCUT2D eigenvalue weighted by atomic mass is 10.1. The molecule has 1 aliphatic heterocycles. The first-order chi connectivity index (χ1) is 16.5. The highest BCUT2D eigenvalue weighted by atomic mass is 16.5. The SMILES string of the molecule is CNC(=O)n1ccc2cc(Oc3ccnc(NC(=O)NCCCN4CCC(O)CC4)c3)ccc21. The Kier molecular flexibility index (Phi) is 7.61. The summed E-state index contributed by atoms with van der Waals surface area (Å²) in [5, 5.41) is 18.6. The van der Waals surface area contributed by atoms with Crippen molar-refractivity contribution in [3.05, 3.63) is 48.8 Å². The van der Waals surface area contributed by atoms with Crippen LogP contribution in [0.2, 0.25) is 0 Å². The predicted octanol–water partition coefficient (Wildman–Crippen LogP) is 2.98. The van der Waals surface area contributed by atoms with Crippen molar-refractivity contribution in [3.63, 3.8) is 0 Å². The number of hydrogen-bond donors (Lipinski definition) is 4. The highest BCUT2D eigenvalue weighted by molar-refractivity contribution is 5.92. The van der Waals surface area contributed by atoms with Crippen molar-refractivity contribution in [2.45, 2.75) is 25.4 Å². The van der Waals surface area contributed by atoms with Crippen molar-refractivity contribution in [2.75, 3.05) is 38.5 Å². The maximum absolute atomic E-state index is 12.2. The lowest BCUT2D eigenvalue weighted by Crippen LogP contribution is -2.38. The van der Waals surface area contributed by atoms with Gasteiger partial charge in [-0.1, -0.05) is 0 Å². The summed E-state index contributed by atoms with van der Waals surface area (Å²) in [6.07, 6.45) is 5.56. The summed E-state index contributed by atoms with van der Waals surface area (Å²) in [5.41, 5.74) is 0.776. The van der Waals surface area contributed by atoms with E-state index in [2.05, 4.69) is 25.8 Å². The molecule has 3 aromatic rings. The second-order valence-electron chi connectivity index (χ2n) is 8.25. The molecule has 0 unspecified atom stereocenters. The number of hydrogen-bond acceptors (Lipinski definition) is 6. The number of piperidine rings is 1. The second-order valence-corrected chi connectivity index (χ2v) is 8.25. The molecule has 10 nitrogen and oxygen atoms in total. The Balaban J connectivity index is 1.27. The van der Waals surface area contributed by atoms with Crippen molar-refractivity contribution < 1.29 is 19.4 Å². The van der Waals surface area contributed by atoms with Crippen LogP contribution in [0.4, 0.5) is 15.4 Å². The van der Waals surface area contributed by atoms with E-state index in [1.807, 2.05) is 18.2 Å². The maximum atomic E-state index is 12.2. The average Bonchev–Trinajstić information content (AvgIpc) is 3.26. The summed E-state index contributed by atoms with van der Waals surface area (Å²) in [7, 11) is 1.59. The number of pyridine rings is 1. The summed E-state index contributed by atoms with van der Waals surface area (Å²) >= 11 is 0. The molecule has 1 fully saturated rings. The standard InChI is InChI=1S/C24H30N6O4/c1-25-24(33)30-14-6-17-15-19(3-4-21(17)30)34-20-5-10-26-22(16-20)28-23(32)27-9-2-11-29-12-7-18(31)8-13-29/h3-6,10,14-16,18,31H,2,7-9,11-13H2,1H3,(H,25,33)(H2,26,27,28,32). The number of anilines is 1. The summed E-state index contributed by atoms with van der Waals surface area (Å²) in [6.45, 7) is 3.25. The zero-order chi connectivity index (χ0) is 23.9. The molecule has 3 heterocycles. The molecule has 0 radical (unpaired) electrons. The van der Waals surface area contributed by atoms with Crippen LogP contribution >= 0.6 is 0 Å². The molecular formula is C24H30N6O4. The van der Waals surface area contributed by atoms with Crippen molar-refractivity contribution in [1.82, 2.24) is 25.1 Å². The molecule has 3 amide bonds. The molecule has 0 saturated carbocycles. The molecule has 180 valence electrons. The molecule has 0 atom stereocenters. The zero-order valence-corrected chi connectivity index (χ0v) is 19.2. The fourth-order valence-corrected chi connectivity index (χ4v) is 3.97. The molecular weight excluding hydrogens is 436 g/mol. The lowest BCUT2D eigenvalue weighted by molar-refractivity contribution is 0.0822. The largest absolute Gasteiger partial charge is 0.457 e. The fraction of sp³-hybridized carbons (Fsp3) is 0.375. The van der Waals surface area contributed by atoms with E-state index in [0.717, 1.165) is 49.8 Å². The van der Waals surface area contributed by atoms with Gasteiger partial charge in [-0.3, -0.25) is 9.88 Å². The monoisotopic (exact) mass is 466 g/mol. The smallest absolute Gasteiger partial charge is 0.325 e.